The van der Waals surface area contributed by atoms with Crippen molar-refractivity contribution in [2.24, 2.45) is 0 Å². The second-order valence-electron chi connectivity index (χ2n) is 10.2. The van der Waals surface area contributed by atoms with Gasteiger partial charge in [0.1, 0.15) is 5.69 Å². The lowest BCUT2D eigenvalue weighted by molar-refractivity contribution is -0.137. The number of anilines is 1. The lowest BCUT2D eigenvalue weighted by atomic mass is 9.97. The molecule has 1 saturated heterocycles. The van der Waals surface area contributed by atoms with Crippen molar-refractivity contribution in [1.29, 1.82) is 0 Å². The highest BCUT2D eigenvalue weighted by Crippen LogP contribution is 2.35. The Morgan fingerprint density at radius 2 is 1.71 bits per heavy atom. The quantitative estimate of drug-likeness (QED) is 0.224. The van der Waals surface area contributed by atoms with Gasteiger partial charge >= 0.3 is 6.18 Å². The number of hydrogen-bond donors (Lipinski definition) is 1. The number of aromatic nitrogens is 2. The summed E-state index contributed by atoms with van der Waals surface area (Å²) in [5, 5.41) is 6.68. The summed E-state index contributed by atoms with van der Waals surface area (Å²) in [6.45, 7) is 2.64. The lowest BCUT2D eigenvalue weighted by Crippen LogP contribution is -2.32. The summed E-state index contributed by atoms with van der Waals surface area (Å²) in [5.74, 6) is -0.105. The number of carbonyl (C=O) groups excluding carboxylic acids is 1. The highest BCUT2D eigenvalue weighted by Gasteiger charge is 2.30. The van der Waals surface area contributed by atoms with Crippen molar-refractivity contribution >= 4 is 33.8 Å². The number of piperidine rings is 1. The molecule has 41 heavy (non-hydrogen) atoms. The van der Waals surface area contributed by atoms with E-state index in [-0.39, 0.29) is 11.8 Å². The Balaban J connectivity index is 1.09. The number of nitrogens with zero attached hydrogens (tertiary/aromatic N) is 3. The fourth-order valence-electron chi connectivity index (χ4n) is 5.24. The van der Waals surface area contributed by atoms with Gasteiger partial charge in [-0.25, -0.2) is 4.98 Å². The Morgan fingerprint density at radius 1 is 0.927 bits per heavy atom. The number of fused-ring (bicyclic) bond motifs is 1. The summed E-state index contributed by atoms with van der Waals surface area (Å²) in [5.41, 5.74) is 2.95. The second kappa shape index (κ2) is 11.4. The fraction of sp³-hybridized carbons (Fsp3) is 0.219. The van der Waals surface area contributed by atoms with Crippen LogP contribution in [-0.2, 0) is 12.7 Å². The van der Waals surface area contributed by atoms with Crippen LogP contribution in [0.5, 0.6) is 0 Å². The van der Waals surface area contributed by atoms with Crippen LogP contribution >= 0.6 is 11.3 Å². The normalized spacial score (nSPS) is 14.8. The molecule has 3 heterocycles. The maximum atomic E-state index is 13.3. The van der Waals surface area contributed by atoms with Crippen LogP contribution < -0.4 is 5.32 Å². The van der Waals surface area contributed by atoms with Gasteiger partial charge in [-0.05, 0) is 61.8 Å². The Morgan fingerprint density at radius 3 is 2.54 bits per heavy atom. The molecule has 208 valence electrons. The van der Waals surface area contributed by atoms with Gasteiger partial charge < -0.3 is 5.32 Å². The van der Waals surface area contributed by atoms with E-state index in [0.717, 1.165) is 66.2 Å². The van der Waals surface area contributed by atoms with Crippen LogP contribution in [-0.4, -0.2) is 33.9 Å². The van der Waals surface area contributed by atoms with Gasteiger partial charge in [0.25, 0.3) is 5.91 Å². The topological polar surface area (TPSA) is 58.1 Å². The summed E-state index contributed by atoms with van der Waals surface area (Å²) in [7, 11) is 0. The first-order valence-corrected chi connectivity index (χ1v) is 14.3. The molecule has 0 atom stereocenters. The number of alkyl halides is 3. The standard InChI is InChI=1S/C32H27F3N4OS/c33-32(34,35)24-8-5-7-23(18-24)26-9-2-4-11-28(26)37-30(40)29-20-41-31(38-29)22-14-16-39(17-15-22)19-25-13-12-21-6-1-3-10-27(21)36-25/h1-13,18,20,22H,14-17,19H2,(H,37,40). The molecule has 2 aromatic heterocycles. The van der Waals surface area contributed by atoms with Gasteiger partial charge in [0.2, 0.25) is 0 Å². The summed E-state index contributed by atoms with van der Waals surface area (Å²) in [6, 6.07) is 24.3. The van der Waals surface area contributed by atoms with E-state index in [1.807, 2.05) is 18.2 Å². The zero-order valence-electron chi connectivity index (χ0n) is 22.1. The minimum atomic E-state index is -4.45. The largest absolute Gasteiger partial charge is 0.416 e. The Hall–Kier alpha value is -4.08. The van der Waals surface area contributed by atoms with Gasteiger partial charge in [0, 0.05) is 34.5 Å². The van der Waals surface area contributed by atoms with E-state index in [9.17, 15) is 18.0 Å². The highest BCUT2D eigenvalue weighted by molar-refractivity contribution is 7.10. The molecule has 6 rings (SSSR count). The average Bonchev–Trinajstić information content (AvgIpc) is 3.48. The van der Waals surface area contributed by atoms with Gasteiger partial charge in [0.15, 0.2) is 0 Å². The zero-order valence-corrected chi connectivity index (χ0v) is 22.9. The third-order valence-corrected chi connectivity index (χ3v) is 8.42. The number of pyridine rings is 1. The molecule has 9 heteroatoms. The number of carbonyl (C=O) groups is 1. The molecule has 1 aliphatic rings. The molecule has 0 spiro atoms. The molecule has 0 unspecified atom stereocenters. The van der Waals surface area contributed by atoms with Gasteiger partial charge in [-0.15, -0.1) is 11.3 Å². The number of amides is 1. The summed E-state index contributed by atoms with van der Waals surface area (Å²) < 4.78 is 39.8. The minimum absolute atomic E-state index is 0.278. The molecular weight excluding hydrogens is 545 g/mol. The summed E-state index contributed by atoms with van der Waals surface area (Å²) >= 11 is 1.48. The van der Waals surface area contributed by atoms with Crippen molar-refractivity contribution in [2.45, 2.75) is 31.5 Å². The van der Waals surface area contributed by atoms with Gasteiger partial charge in [-0.3, -0.25) is 14.7 Å². The molecule has 0 saturated carbocycles. The lowest BCUT2D eigenvalue weighted by Gasteiger charge is -2.30. The van der Waals surface area contributed by atoms with E-state index < -0.39 is 11.7 Å². The Labute approximate surface area is 239 Å². The number of nitrogens with one attached hydrogen (secondary N) is 1. The first-order chi connectivity index (χ1) is 19.8. The first-order valence-electron chi connectivity index (χ1n) is 13.4. The molecule has 0 radical (unpaired) electrons. The molecule has 5 aromatic rings. The molecule has 1 N–H and O–H groups in total. The SMILES string of the molecule is O=C(Nc1ccccc1-c1cccc(C(F)(F)F)c1)c1csc(C2CCN(Cc3ccc4ccccc4n3)CC2)n1. The van der Waals surface area contributed by atoms with Crippen molar-refractivity contribution in [3.63, 3.8) is 0 Å². The third-order valence-electron chi connectivity index (χ3n) is 7.41. The predicted molar refractivity (Wildman–Crippen MR) is 156 cm³/mol. The number of halogens is 3. The van der Waals surface area contributed by atoms with E-state index >= 15 is 0 Å². The van der Waals surface area contributed by atoms with E-state index in [2.05, 4.69) is 33.4 Å². The number of thiazole rings is 1. The minimum Gasteiger partial charge on any atom is -0.320 e. The number of hydrogen-bond acceptors (Lipinski definition) is 5. The van der Waals surface area contributed by atoms with Crippen molar-refractivity contribution in [3.05, 3.63) is 112 Å². The zero-order chi connectivity index (χ0) is 28.4. The van der Waals surface area contributed by atoms with E-state index in [0.29, 0.717) is 22.5 Å². The van der Waals surface area contributed by atoms with Crippen molar-refractivity contribution in [1.82, 2.24) is 14.9 Å². The number of benzene rings is 3. The number of para-hydroxylation sites is 2. The maximum absolute atomic E-state index is 13.3. The van der Waals surface area contributed by atoms with E-state index in [1.54, 1.807) is 35.7 Å². The molecule has 3 aromatic carbocycles. The second-order valence-corrected chi connectivity index (χ2v) is 11.1. The molecule has 1 aliphatic heterocycles. The molecule has 5 nitrogen and oxygen atoms in total. The summed E-state index contributed by atoms with van der Waals surface area (Å²) in [4.78, 5) is 25.0. The maximum Gasteiger partial charge on any atom is 0.416 e. The third kappa shape index (κ3) is 6.16. The van der Waals surface area contributed by atoms with E-state index in [4.69, 9.17) is 4.98 Å². The van der Waals surface area contributed by atoms with Crippen LogP contribution in [0, 0.1) is 0 Å². The molecular formula is C32H27F3N4OS. The van der Waals surface area contributed by atoms with Crippen molar-refractivity contribution < 1.29 is 18.0 Å². The van der Waals surface area contributed by atoms with Gasteiger partial charge in [-0.2, -0.15) is 13.2 Å². The Bertz CT molecular complexity index is 1690. The van der Waals surface area contributed by atoms with Gasteiger partial charge in [-0.1, -0.05) is 54.6 Å². The van der Waals surface area contributed by atoms with Gasteiger partial charge in [0.05, 0.1) is 21.8 Å². The van der Waals surface area contributed by atoms with Crippen LogP contribution in [0.2, 0.25) is 0 Å². The van der Waals surface area contributed by atoms with Crippen LogP contribution in [0.4, 0.5) is 18.9 Å². The predicted octanol–water partition coefficient (Wildman–Crippen LogP) is 8.01. The fourth-order valence-corrected chi connectivity index (χ4v) is 6.21. The van der Waals surface area contributed by atoms with Crippen molar-refractivity contribution in [3.8, 4) is 11.1 Å². The average molecular weight is 573 g/mol. The highest BCUT2D eigenvalue weighted by atomic mass is 32.1. The van der Waals surface area contributed by atoms with Crippen LogP contribution in [0.3, 0.4) is 0 Å². The molecule has 1 fully saturated rings. The summed E-state index contributed by atoms with van der Waals surface area (Å²) in [6.07, 6.45) is -2.56. The number of rotatable bonds is 6. The first kappa shape index (κ1) is 27.1. The van der Waals surface area contributed by atoms with Crippen LogP contribution in [0.15, 0.2) is 90.3 Å². The van der Waals surface area contributed by atoms with Crippen LogP contribution in [0.1, 0.15) is 45.5 Å². The van der Waals surface area contributed by atoms with E-state index in [1.165, 1.54) is 17.4 Å². The molecule has 0 aliphatic carbocycles. The smallest absolute Gasteiger partial charge is 0.320 e. The monoisotopic (exact) mass is 572 g/mol. The Kier molecular flexibility index (Phi) is 7.55. The molecule has 0 bridgehead atoms. The molecule has 1 amide bonds. The number of likely N-dealkylation sites (tertiary alicyclic amines) is 1. The van der Waals surface area contributed by atoms with Crippen LogP contribution in [0.25, 0.3) is 22.0 Å². The van der Waals surface area contributed by atoms with Crippen molar-refractivity contribution in [2.75, 3.05) is 18.4 Å².